The van der Waals surface area contributed by atoms with Crippen molar-refractivity contribution in [1.29, 1.82) is 0 Å². The summed E-state index contributed by atoms with van der Waals surface area (Å²) in [7, 11) is 0. The van der Waals surface area contributed by atoms with E-state index in [9.17, 15) is 4.79 Å². The molecule has 94 valence electrons. The van der Waals surface area contributed by atoms with E-state index in [2.05, 4.69) is 31.1 Å². The van der Waals surface area contributed by atoms with Crippen molar-refractivity contribution >= 4 is 11.6 Å². The maximum Gasteiger partial charge on any atom is 0.277 e. The second-order valence-corrected chi connectivity index (χ2v) is 5.12. The van der Waals surface area contributed by atoms with E-state index in [0.717, 1.165) is 11.3 Å². The summed E-state index contributed by atoms with van der Waals surface area (Å²) in [6.45, 7) is 6.32. The molecule has 0 atom stereocenters. The van der Waals surface area contributed by atoms with Gasteiger partial charge in [-0.1, -0.05) is 39.0 Å². The maximum atomic E-state index is 11.9. The number of amides is 1. The molecule has 0 aliphatic rings. The summed E-state index contributed by atoms with van der Waals surface area (Å²) in [5.41, 5.74) is 2.13. The number of nitrogens with zero attached hydrogens (tertiary/aromatic N) is 1. The zero-order valence-electron chi connectivity index (χ0n) is 10.7. The fourth-order valence-electron chi connectivity index (χ4n) is 1.76. The van der Waals surface area contributed by atoms with Crippen molar-refractivity contribution in [2.45, 2.75) is 26.2 Å². The normalized spacial score (nSPS) is 11.3. The molecular formula is C14H16N2O2. The molecule has 0 spiro atoms. The maximum absolute atomic E-state index is 11.9. The molecular weight excluding hydrogens is 228 g/mol. The third-order valence-electron chi connectivity index (χ3n) is 2.65. The van der Waals surface area contributed by atoms with E-state index in [1.54, 1.807) is 0 Å². The zero-order chi connectivity index (χ0) is 13.2. The third kappa shape index (κ3) is 2.59. The first-order chi connectivity index (χ1) is 8.48. The quantitative estimate of drug-likeness (QED) is 0.882. The number of hydrogen-bond donors (Lipinski definition) is 1. The Kier molecular flexibility index (Phi) is 3.19. The first-order valence-electron chi connectivity index (χ1n) is 5.77. The van der Waals surface area contributed by atoms with Crippen LogP contribution in [0.15, 0.2) is 41.3 Å². The molecule has 0 aliphatic carbocycles. The van der Waals surface area contributed by atoms with Crippen molar-refractivity contribution in [3.05, 3.63) is 48.2 Å². The minimum Gasteiger partial charge on any atom is -0.451 e. The Bertz CT molecular complexity index is 539. The molecule has 1 heterocycles. The van der Waals surface area contributed by atoms with Gasteiger partial charge < -0.3 is 9.73 Å². The molecule has 2 aromatic rings. The smallest absolute Gasteiger partial charge is 0.277 e. The number of carbonyl (C=O) groups is 1. The molecule has 0 radical (unpaired) electrons. The first-order valence-corrected chi connectivity index (χ1v) is 5.77. The van der Waals surface area contributed by atoms with Gasteiger partial charge >= 0.3 is 0 Å². The summed E-state index contributed by atoms with van der Waals surface area (Å²) in [5, 5.41) is 2.86. The molecule has 1 N–H and O–H groups in total. The van der Waals surface area contributed by atoms with Crippen molar-refractivity contribution in [3.63, 3.8) is 0 Å². The fourth-order valence-corrected chi connectivity index (χ4v) is 1.76. The highest BCUT2D eigenvalue weighted by Crippen LogP contribution is 2.29. The summed E-state index contributed by atoms with van der Waals surface area (Å²) in [4.78, 5) is 15.7. The largest absolute Gasteiger partial charge is 0.451 e. The lowest BCUT2D eigenvalue weighted by atomic mass is 9.86. The van der Waals surface area contributed by atoms with Gasteiger partial charge in [-0.2, -0.15) is 0 Å². The van der Waals surface area contributed by atoms with E-state index in [0.29, 0.717) is 0 Å². The molecule has 1 amide bonds. The van der Waals surface area contributed by atoms with E-state index in [1.165, 1.54) is 12.7 Å². The third-order valence-corrected chi connectivity index (χ3v) is 2.65. The van der Waals surface area contributed by atoms with Crippen molar-refractivity contribution in [3.8, 4) is 0 Å². The molecule has 1 aromatic carbocycles. The zero-order valence-corrected chi connectivity index (χ0v) is 10.7. The lowest BCUT2D eigenvalue weighted by molar-refractivity contribution is 0.102. The van der Waals surface area contributed by atoms with Gasteiger partial charge in [-0.3, -0.25) is 4.79 Å². The van der Waals surface area contributed by atoms with Gasteiger partial charge in [0.15, 0.2) is 12.1 Å². The molecule has 0 aliphatic heterocycles. The van der Waals surface area contributed by atoms with Gasteiger partial charge in [0.25, 0.3) is 5.91 Å². The van der Waals surface area contributed by atoms with Crippen LogP contribution in [0.4, 0.5) is 5.69 Å². The highest BCUT2D eigenvalue weighted by Gasteiger charge is 2.19. The van der Waals surface area contributed by atoms with Crippen LogP contribution in [0.5, 0.6) is 0 Å². The molecule has 0 fully saturated rings. The van der Waals surface area contributed by atoms with Crippen LogP contribution in [-0.4, -0.2) is 10.9 Å². The number of nitrogens with one attached hydrogen (secondary N) is 1. The van der Waals surface area contributed by atoms with Crippen LogP contribution in [0.25, 0.3) is 0 Å². The number of para-hydroxylation sites is 1. The van der Waals surface area contributed by atoms with Crippen molar-refractivity contribution in [1.82, 2.24) is 4.98 Å². The Labute approximate surface area is 106 Å². The van der Waals surface area contributed by atoms with Crippen LogP contribution in [0.3, 0.4) is 0 Å². The molecule has 0 saturated heterocycles. The molecule has 0 bridgehead atoms. The van der Waals surface area contributed by atoms with Crippen LogP contribution in [0.1, 0.15) is 36.8 Å². The molecule has 4 heteroatoms. The van der Waals surface area contributed by atoms with Crippen molar-refractivity contribution in [2.24, 2.45) is 0 Å². The summed E-state index contributed by atoms with van der Waals surface area (Å²) >= 11 is 0. The van der Waals surface area contributed by atoms with Gasteiger partial charge in [0.2, 0.25) is 0 Å². The fraction of sp³-hybridized carbons (Fsp3) is 0.286. The highest BCUT2D eigenvalue weighted by molar-refractivity contribution is 6.03. The highest BCUT2D eigenvalue weighted by atomic mass is 16.3. The lowest BCUT2D eigenvalue weighted by Crippen LogP contribution is -2.18. The number of rotatable bonds is 2. The molecule has 0 unspecified atom stereocenters. The van der Waals surface area contributed by atoms with Gasteiger partial charge in [-0.05, 0) is 17.0 Å². The number of hydrogen-bond acceptors (Lipinski definition) is 3. The minimum atomic E-state index is -0.263. The second-order valence-electron chi connectivity index (χ2n) is 5.12. The van der Waals surface area contributed by atoms with Crippen molar-refractivity contribution in [2.75, 3.05) is 5.32 Å². The van der Waals surface area contributed by atoms with Crippen LogP contribution in [-0.2, 0) is 5.41 Å². The average Bonchev–Trinajstić information content (AvgIpc) is 2.81. The topological polar surface area (TPSA) is 55.1 Å². The van der Waals surface area contributed by atoms with E-state index in [1.807, 2.05) is 24.3 Å². The summed E-state index contributed by atoms with van der Waals surface area (Å²) in [5.74, 6) is -0.263. The second kappa shape index (κ2) is 4.64. The average molecular weight is 244 g/mol. The van der Waals surface area contributed by atoms with Gasteiger partial charge in [0, 0.05) is 5.69 Å². The van der Waals surface area contributed by atoms with Crippen LogP contribution >= 0.6 is 0 Å². The first kappa shape index (κ1) is 12.4. The summed E-state index contributed by atoms with van der Waals surface area (Å²) in [6, 6.07) is 7.76. The number of carbonyl (C=O) groups excluding carboxylic acids is 1. The summed E-state index contributed by atoms with van der Waals surface area (Å²) in [6.07, 6.45) is 2.57. The van der Waals surface area contributed by atoms with E-state index >= 15 is 0 Å². The molecule has 18 heavy (non-hydrogen) atoms. The standard InChI is InChI=1S/C14H16N2O2/c1-14(2,3)10-6-4-5-7-11(10)16-13(17)12-8-18-9-15-12/h4-9H,1-3H3,(H,16,17). The van der Waals surface area contributed by atoms with E-state index in [4.69, 9.17) is 4.42 Å². The number of oxazole rings is 1. The Balaban J connectivity index is 2.27. The van der Waals surface area contributed by atoms with Crippen molar-refractivity contribution < 1.29 is 9.21 Å². The molecule has 4 nitrogen and oxygen atoms in total. The number of benzene rings is 1. The Hall–Kier alpha value is -2.10. The van der Waals surface area contributed by atoms with Gasteiger partial charge in [0.1, 0.15) is 6.26 Å². The summed E-state index contributed by atoms with van der Waals surface area (Å²) < 4.78 is 4.80. The number of aromatic nitrogens is 1. The monoisotopic (exact) mass is 244 g/mol. The van der Waals surface area contributed by atoms with Crippen LogP contribution < -0.4 is 5.32 Å². The van der Waals surface area contributed by atoms with Crippen LogP contribution in [0, 0.1) is 0 Å². The molecule has 2 rings (SSSR count). The van der Waals surface area contributed by atoms with E-state index in [-0.39, 0.29) is 17.0 Å². The number of anilines is 1. The Morgan fingerprint density at radius 3 is 2.61 bits per heavy atom. The van der Waals surface area contributed by atoms with Crippen LogP contribution in [0.2, 0.25) is 0 Å². The molecule has 0 saturated carbocycles. The predicted octanol–water partition coefficient (Wildman–Crippen LogP) is 3.22. The Morgan fingerprint density at radius 2 is 2.00 bits per heavy atom. The minimum absolute atomic E-state index is 0.0340. The lowest BCUT2D eigenvalue weighted by Gasteiger charge is -2.22. The van der Waals surface area contributed by atoms with Gasteiger partial charge in [0.05, 0.1) is 0 Å². The predicted molar refractivity (Wildman–Crippen MR) is 69.6 cm³/mol. The van der Waals surface area contributed by atoms with Gasteiger partial charge in [-0.15, -0.1) is 0 Å². The van der Waals surface area contributed by atoms with Gasteiger partial charge in [-0.25, -0.2) is 4.98 Å². The SMILES string of the molecule is CC(C)(C)c1ccccc1NC(=O)c1cocn1. The molecule has 1 aromatic heterocycles. The van der Waals surface area contributed by atoms with E-state index < -0.39 is 0 Å². The Morgan fingerprint density at radius 1 is 1.28 bits per heavy atom.